The summed E-state index contributed by atoms with van der Waals surface area (Å²) in [5.41, 5.74) is 1.84. The van der Waals surface area contributed by atoms with Crippen molar-refractivity contribution < 1.29 is 9.52 Å². The highest BCUT2D eigenvalue weighted by Crippen LogP contribution is 2.23. The van der Waals surface area contributed by atoms with Gasteiger partial charge < -0.3 is 4.42 Å². The van der Waals surface area contributed by atoms with E-state index in [0.29, 0.717) is 5.76 Å². The molecule has 0 fully saturated rings. The minimum absolute atomic E-state index is 0.468. The summed E-state index contributed by atoms with van der Waals surface area (Å²) in [6.45, 7) is 1.97. The van der Waals surface area contributed by atoms with Crippen molar-refractivity contribution in [1.29, 1.82) is 0 Å². The summed E-state index contributed by atoms with van der Waals surface area (Å²) in [5, 5.41) is 11.8. The van der Waals surface area contributed by atoms with Crippen molar-refractivity contribution in [3.05, 3.63) is 59.5 Å². The molecule has 1 aromatic carbocycles. The lowest BCUT2D eigenvalue weighted by Gasteiger charge is -2.05. The molecule has 0 aliphatic rings. The van der Waals surface area contributed by atoms with Crippen molar-refractivity contribution in [2.75, 3.05) is 0 Å². The summed E-state index contributed by atoms with van der Waals surface area (Å²) in [6.07, 6.45) is 0.612. The molecular weight excluding hydrogens is 176 g/mol. The number of hydrogen-bond acceptors (Lipinski definition) is 1. The molecule has 1 atom stereocenters. The van der Waals surface area contributed by atoms with Gasteiger partial charge in [-0.25, -0.2) is 5.11 Å². The van der Waals surface area contributed by atoms with E-state index in [-0.39, 0.29) is 0 Å². The Kier molecular flexibility index (Phi) is 2.37. The van der Waals surface area contributed by atoms with Crippen LogP contribution in [0.25, 0.3) is 0 Å². The average molecular weight is 187 g/mol. The van der Waals surface area contributed by atoms with Gasteiger partial charge in [0, 0.05) is 0 Å². The molecule has 2 aromatic rings. The molecule has 2 rings (SSSR count). The summed E-state index contributed by atoms with van der Waals surface area (Å²) < 4.78 is 5.08. The molecule has 2 nitrogen and oxygen atoms in total. The minimum Gasteiger partial charge on any atom is -0.466 e. The summed E-state index contributed by atoms with van der Waals surface area (Å²) in [6, 6.07) is 11.0. The van der Waals surface area contributed by atoms with E-state index in [0.717, 1.165) is 11.1 Å². The van der Waals surface area contributed by atoms with Crippen LogP contribution in [0.1, 0.15) is 23.0 Å². The van der Waals surface area contributed by atoms with E-state index in [2.05, 4.69) is 0 Å². The third kappa shape index (κ3) is 1.70. The number of furan rings is 1. The fraction of sp³-hybridized carbons (Fsp3) is 0.167. The van der Waals surface area contributed by atoms with Gasteiger partial charge in [0.25, 0.3) is 0 Å². The van der Waals surface area contributed by atoms with Gasteiger partial charge in [-0.3, -0.25) is 0 Å². The predicted octanol–water partition coefficient (Wildman–Crippen LogP) is 3.11. The fourth-order valence-electron chi connectivity index (χ4n) is 1.44. The molecule has 1 heterocycles. The normalized spacial score (nSPS) is 12.7. The Labute approximate surface area is 82.8 Å². The van der Waals surface area contributed by atoms with Gasteiger partial charge in [0.05, 0.1) is 6.26 Å². The summed E-state index contributed by atoms with van der Waals surface area (Å²) in [5.74, 6) is 0.468. The van der Waals surface area contributed by atoms with Gasteiger partial charge in [-0.1, -0.05) is 29.8 Å². The average Bonchev–Trinajstić information content (AvgIpc) is 2.69. The van der Waals surface area contributed by atoms with Gasteiger partial charge in [-0.05, 0) is 24.6 Å². The smallest absolute Gasteiger partial charge is 0.175 e. The summed E-state index contributed by atoms with van der Waals surface area (Å²) in [7, 11) is 0. The Morgan fingerprint density at radius 1 is 1.21 bits per heavy atom. The van der Waals surface area contributed by atoms with Crippen LogP contribution in [0.3, 0.4) is 0 Å². The number of benzene rings is 1. The molecule has 0 amide bonds. The van der Waals surface area contributed by atoms with Gasteiger partial charge in [-0.2, -0.15) is 0 Å². The van der Waals surface area contributed by atoms with Gasteiger partial charge in [0.2, 0.25) is 0 Å². The molecule has 0 N–H and O–H groups in total. The van der Waals surface area contributed by atoms with Crippen LogP contribution in [-0.4, -0.2) is 0 Å². The van der Waals surface area contributed by atoms with Crippen LogP contribution in [0, 0.1) is 6.92 Å². The predicted molar refractivity (Wildman–Crippen MR) is 52.4 cm³/mol. The summed E-state index contributed by atoms with van der Waals surface area (Å²) in [4.78, 5) is 0. The molecule has 0 saturated carbocycles. The lowest BCUT2D eigenvalue weighted by atomic mass is 10.1. The maximum absolute atomic E-state index is 11.8. The van der Waals surface area contributed by atoms with Crippen LogP contribution in [0.2, 0.25) is 0 Å². The molecule has 1 unspecified atom stereocenters. The van der Waals surface area contributed by atoms with Crippen molar-refractivity contribution in [2.24, 2.45) is 0 Å². The number of hydrogen-bond donors (Lipinski definition) is 0. The largest absolute Gasteiger partial charge is 0.466 e. The Balaban J connectivity index is 2.32. The van der Waals surface area contributed by atoms with Crippen molar-refractivity contribution >= 4 is 0 Å². The third-order valence-electron chi connectivity index (χ3n) is 2.15. The van der Waals surface area contributed by atoms with Gasteiger partial charge in [0.15, 0.2) is 6.10 Å². The Morgan fingerprint density at radius 2 is 2.07 bits per heavy atom. The molecule has 0 aliphatic heterocycles. The molecule has 0 saturated heterocycles. The van der Waals surface area contributed by atoms with E-state index in [1.807, 2.05) is 31.2 Å². The zero-order chi connectivity index (χ0) is 9.97. The second kappa shape index (κ2) is 3.68. The van der Waals surface area contributed by atoms with Crippen LogP contribution in [-0.2, 0) is 5.11 Å². The first-order valence-electron chi connectivity index (χ1n) is 4.53. The van der Waals surface area contributed by atoms with E-state index in [1.54, 1.807) is 12.1 Å². The molecule has 0 aliphatic carbocycles. The highest BCUT2D eigenvalue weighted by atomic mass is 16.4. The van der Waals surface area contributed by atoms with Crippen LogP contribution in [0.4, 0.5) is 0 Å². The highest BCUT2D eigenvalue weighted by molar-refractivity contribution is 5.28. The molecular formula is C12H11O2. The maximum atomic E-state index is 11.8. The number of rotatable bonds is 2. The Bertz CT molecular complexity index is 404. The third-order valence-corrected chi connectivity index (χ3v) is 2.15. The van der Waals surface area contributed by atoms with E-state index in [9.17, 15) is 5.11 Å². The minimum atomic E-state index is -0.912. The molecule has 0 bridgehead atoms. The van der Waals surface area contributed by atoms with Crippen molar-refractivity contribution in [1.82, 2.24) is 0 Å². The number of aryl methyl sites for hydroxylation is 1. The van der Waals surface area contributed by atoms with Crippen LogP contribution >= 0.6 is 0 Å². The van der Waals surface area contributed by atoms with E-state index in [4.69, 9.17) is 4.42 Å². The molecule has 0 spiro atoms. The maximum Gasteiger partial charge on any atom is 0.175 e. The first-order chi connectivity index (χ1) is 6.77. The van der Waals surface area contributed by atoms with E-state index in [1.165, 1.54) is 6.26 Å². The highest BCUT2D eigenvalue weighted by Gasteiger charge is 2.14. The van der Waals surface area contributed by atoms with Gasteiger partial charge in [-0.15, -0.1) is 0 Å². The van der Waals surface area contributed by atoms with Crippen LogP contribution < -0.4 is 0 Å². The second-order valence-electron chi connectivity index (χ2n) is 3.31. The van der Waals surface area contributed by atoms with Crippen LogP contribution in [0.5, 0.6) is 0 Å². The topological polar surface area (TPSA) is 33.0 Å². The van der Waals surface area contributed by atoms with Gasteiger partial charge >= 0.3 is 0 Å². The SMILES string of the molecule is Cc1cccc(C([O])c2ccco2)c1. The quantitative estimate of drug-likeness (QED) is 0.711. The fourth-order valence-corrected chi connectivity index (χ4v) is 1.44. The Morgan fingerprint density at radius 3 is 2.71 bits per heavy atom. The first kappa shape index (κ1) is 9.03. The van der Waals surface area contributed by atoms with E-state index < -0.39 is 6.10 Å². The van der Waals surface area contributed by atoms with Crippen molar-refractivity contribution in [3.8, 4) is 0 Å². The lowest BCUT2D eigenvalue weighted by Crippen LogP contribution is -1.96. The standard InChI is InChI=1S/C12H11O2/c1-9-4-2-5-10(8-9)12(13)11-6-3-7-14-11/h2-8,12H,1H3. The monoisotopic (exact) mass is 187 g/mol. The molecule has 14 heavy (non-hydrogen) atoms. The van der Waals surface area contributed by atoms with Crippen LogP contribution in [0.15, 0.2) is 47.1 Å². The molecule has 1 radical (unpaired) electrons. The molecule has 1 aromatic heterocycles. The van der Waals surface area contributed by atoms with Crippen molar-refractivity contribution in [2.45, 2.75) is 13.0 Å². The van der Waals surface area contributed by atoms with Gasteiger partial charge in [0.1, 0.15) is 5.76 Å². The lowest BCUT2D eigenvalue weighted by molar-refractivity contribution is 0.103. The zero-order valence-corrected chi connectivity index (χ0v) is 7.94. The second-order valence-corrected chi connectivity index (χ2v) is 3.31. The first-order valence-corrected chi connectivity index (χ1v) is 4.53. The zero-order valence-electron chi connectivity index (χ0n) is 7.94. The molecule has 71 valence electrons. The Hall–Kier alpha value is -1.54. The van der Waals surface area contributed by atoms with E-state index >= 15 is 0 Å². The summed E-state index contributed by atoms with van der Waals surface area (Å²) >= 11 is 0. The molecule has 2 heteroatoms. The van der Waals surface area contributed by atoms with Crippen molar-refractivity contribution in [3.63, 3.8) is 0 Å².